The van der Waals surface area contributed by atoms with E-state index in [1.165, 1.54) is 6.42 Å². The lowest BCUT2D eigenvalue weighted by molar-refractivity contribution is 0.521. The standard InChI is InChI=1S/C4H5NO.C3H8/c1-4-5-2-3-6-4;1-3-2/h2-3H,1H3;3H2,1-2H3. The molecule has 0 spiro atoms. The van der Waals surface area contributed by atoms with Crippen LogP contribution >= 0.6 is 0 Å². The largest absolute Gasteiger partial charge is 0.449 e. The first kappa shape index (κ1) is 8.21. The van der Waals surface area contributed by atoms with Crippen LogP contribution in [0.1, 0.15) is 26.2 Å². The molecular formula is C7H13NO. The smallest absolute Gasteiger partial charge is 0.190 e. The van der Waals surface area contributed by atoms with Gasteiger partial charge in [0.1, 0.15) is 6.26 Å². The Labute approximate surface area is 55.9 Å². The summed E-state index contributed by atoms with van der Waals surface area (Å²) in [6.07, 6.45) is 4.42. The molecule has 0 aliphatic heterocycles. The zero-order valence-electron chi connectivity index (χ0n) is 6.22. The van der Waals surface area contributed by atoms with Gasteiger partial charge in [-0.15, -0.1) is 0 Å². The molecule has 0 aliphatic carbocycles. The first-order chi connectivity index (χ1) is 4.31. The van der Waals surface area contributed by atoms with E-state index in [0.717, 1.165) is 5.89 Å². The highest BCUT2D eigenvalue weighted by molar-refractivity contribution is 4.72. The van der Waals surface area contributed by atoms with Crippen molar-refractivity contribution in [3.8, 4) is 0 Å². The van der Waals surface area contributed by atoms with Crippen LogP contribution in [-0.4, -0.2) is 4.98 Å². The van der Waals surface area contributed by atoms with Crippen molar-refractivity contribution in [2.24, 2.45) is 0 Å². The van der Waals surface area contributed by atoms with Gasteiger partial charge >= 0.3 is 0 Å². The second-order valence-electron chi connectivity index (χ2n) is 1.76. The molecule has 0 fully saturated rings. The molecule has 2 nitrogen and oxygen atoms in total. The summed E-state index contributed by atoms with van der Waals surface area (Å²) in [5.41, 5.74) is 0. The van der Waals surface area contributed by atoms with Crippen molar-refractivity contribution in [2.75, 3.05) is 0 Å². The minimum absolute atomic E-state index is 0.718. The van der Waals surface area contributed by atoms with E-state index in [4.69, 9.17) is 4.42 Å². The fourth-order valence-electron chi connectivity index (χ4n) is 0.295. The van der Waals surface area contributed by atoms with Gasteiger partial charge < -0.3 is 4.42 Å². The predicted octanol–water partition coefficient (Wildman–Crippen LogP) is 2.40. The quantitative estimate of drug-likeness (QED) is 0.534. The van der Waals surface area contributed by atoms with Gasteiger partial charge in [-0.25, -0.2) is 4.98 Å². The molecule has 0 aromatic carbocycles. The minimum Gasteiger partial charge on any atom is -0.449 e. The van der Waals surface area contributed by atoms with Gasteiger partial charge in [0, 0.05) is 6.92 Å². The maximum atomic E-state index is 4.72. The average molecular weight is 127 g/mol. The van der Waals surface area contributed by atoms with E-state index in [9.17, 15) is 0 Å². The lowest BCUT2D eigenvalue weighted by Crippen LogP contribution is -1.59. The van der Waals surface area contributed by atoms with Crippen molar-refractivity contribution in [3.05, 3.63) is 18.4 Å². The van der Waals surface area contributed by atoms with Crippen molar-refractivity contribution in [1.82, 2.24) is 4.98 Å². The van der Waals surface area contributed by atoms with Gasteiger partial charge in [0.05, 0.1) is 6.20 Å². The Morgan fingerprint density at radius 3 is 2.22 bits per heavy atom. The topological polar surface area (TPSA) is 26.0 Å². The van der Waals surface area contributed by atoms with E-state index in [2.05, 4.69) is 18.8 Å². The molecule has 0 unspecified atom stereocenters. The van der Waals surface area contributed by atoms with Crippen LogP contribution < -0.4 is 0 Å². The van der Waals surface area contributed by atoms with Crippen LogP contribution in [0.2, 0.25) is 0 Å². The summed E-state index contributed by atoms with van der Waals surface area (Å²) in [6.45, 7) is 6.06. The van der Waals surface area contributed by atoms with Crippen molar-refractivity contribution in [3.63, 3.8) is 0 Å². The predicted molar refractivity (Wildman–Crippen MR) is 37.2 cm³/mol. The van der Waals surface area contributed by atoms with E-state index in [0.29, 0.717) is 0 Å². The fourth-order valence-corrected chi connectivity index (χ4v) is 0.295. The molecule has 0 amide bonds. The molecule has 1 rings (SSSR count). The molecule has 0 saturated heterocycles. The summed E-state index contributed by atoms with van der Waals surface area (Å²) in [7, 11) is 0. The van der Waals surface area contributed by atoms with Crippen LogP contribution in [0.25, 0.3) is 0 Å². The molecule has 0 bridgehead atoms. The van der Waals surface area contributed by atoms with Crippen LogP contribution in [0.5, 0.6) is 0 Å². The molecule has 1 heterocycles. The highest BCUT2D eigenvalue weighted by Crippen LogP contribution is 1.86. The molecule has 0 N–H and O–H groups in total. The Kier molecular flexibility index (Phi) is 4.88. The van der Waals surface area contributed by atoms with Crippen LogP contribution in [0.4, 0.5) is 0 Å². The molecule has 0 aliphatic rings. The van der Waals surface area contributed by atoms with Crippen LogP contribution in [0, 0.1) is 6.92 Å². The summed E-state index contributed by atoms with van der Waals surface area (Å²) in [4.78, 5) is 3.75. The number of nitrogens with zero attached hydrogens (tertiary/aromatic N) is 1. The average Bonchev–Trinajstić information content (AvgIpc) is 2.20. The first-order valence-electron chi connectivity index (χ1n) is 3.17. The van der Waals surface area contributed by atoms with Crippen molar-refractivity contribution < 1.29 is 4.42 Å². The van der Waals surface area contributed by atoms with Crippen molar-refractivity contribution in [1.29, 1.82) is 0 Å². The molecule has 1 aromatic rings. The maximum absolute atomic E-state index is 4.72. The van der Waals surface area contributed by atoms with Gasteiger partial charge in [0.25, 0.3) is 0 Å². The van der Waals surface area contributed by atoms with E-state index >= 15 is 0 Å². The van der Waals surface area contributed by atoms with Gasteiger partial charge in [0.2, 0.25) is 0 Å². The fraction of sp³-hybridized carbons (Fsp3) is 0.571. The third-order valence-corrected chi connectivity index (χ3v) is 0.556. The molecule has 9 heavy (non-hydrogen) atoms. The number of hydrogen-bond acceptors (Lipinski definition) is 2. The highest BCUT2D eigenvalue weighted by atomic mass is 16.3. The van der Waals surface area contributed by atoms with Crippen LogP contribution in [-0.2, 0) is 0 Å². The zero-order valence-corrected chi connectivity index (χ0v) is 6.22. The van der Waals surface area contributed by atoms with Gasteiger partial charge in [-0.2, -0.15) is 0 Å². The Morgan fingerprint density at radius 1 is 1.56 bits per heavy atom. The normalized spacial score (nSPS) is 7.89. The monoisotopic (exact) mass is 127 g/mol. The van der Waals surface area contributed by atoms with Crippen molar-refractivity contribution in [2.45, 2.75) is 27.2 Å². The summed E-state index contributed by atoms with van der Waals surface area (Å²) in [5, 5.41) is 0. The number of aryl methyl sites for hydroxylation is 1. The number of oxazole rings is 1. The minimum atomic E-state index is 0.718. The Morgan fingerprint density at radius 2 is 2.11 bits per heavy atom. The van der Waals surface area contributed by atoms with Crippen LogP contribution in [0.3, 0.4) is 0 Å². The van der Waals surface area contributed by atoms with Gasteiger partial charge in [-0.3, -0.25) is 0 Å². The van der Waals surface area contributed by atoms with Gasteiger partial charge in [-0.05, 0) is 0 Å². The summed E-state index contributed by atoms with van der Waals surface area (Å²) in [5.74, 6) is 0.718. The lowest BCUT2D eigenvalue weighted by Gasteiger charge is -1.67. The second kappa shape index (κ2) is 5.35. The first-order valence-corrected chi connectivity index (χ1v) is 3.17. The molecule has 0 saturated carbocycles. The van der Waals surface area contributed by atoms with E-state index < -0.39 is 0 Å². The third kappa shape index (κ3) is 5.07. The Hall–Kier alpha value is -0.790. The maximum Gasteiger partial charge on any atom is 0.190 e. The van der Waals surface area contributed by atoms with E-state index in [1.807, 2.05) is 0 Å². The second-order valence-corrected chi connectivity index (χ2v) is 1.76. The summed E-state index contributed by atoms with van der Waals surface area (Å²) < 4.78 is 4.72. The summed E-state index contributed by atoms with van der Waals surface area (Å²) in [6, 6.07) is 0. The van der Waals surface area contributed by atoms with Gasteiger partial charge in [-0.1, -0.05) is 20.3 Å². The summed E-state index contributed by atoms with van der Waals surface area (Å²) >= 11 is 0. The van der Waals surface area contributed by atoms with E-state index in [1.54, 1.807) is 19.4 Å². The Bertz CT molecular complexity index is 123. The molecule has 0 radical (unpaired) electrons. The number of rotatable bonds is 0. The molecule has 52 valence electrons. The number of aromatic nitrogens is 1. The van der Waals surface area contributed by atoms with Crippen molar-refractivity contribution >= 4 is 0 Å². The molecular weight excluding hydrogens is 114 g/mol. The zero-order chi connectivity index (χ0) is 7.11. The van der Waals surface area contributed by atoms with E-state index in [-0.39, 0.29) is 0 Å². The lowest BCUT2D eigenvalue weighted by atomic mass is 10.6. The Balaban J connectivity index is 0.000000187. The molecule has 1 aromatic heterocycles. The molecule has 2 heteroatoms. The number of hydrogen-bond donors (Lipinski definition) is 0. The third-order valence-electron chi connectivity index (χ3n) is 0.556. The van der Waals surface area contributed by atoms with Crippen LogP contribution in [0.15, 0.2) is 16.9 Å². The van der Waals surface area contributed by atoms with Gasteiger partial charge in [0.15, 0.2) is 5.89 Å². The highest BCUT2D eigenvalue weighted by Gasteiger charge is 1.77. The molecule has 0 atom stereocenters. The SMILES string of the molecule is CCC.Cc1ncco1.